The fourth-order valence-electron chi connectivity index (χ4n) is 5.28. The van der Waals surface area contributed by atoms with E-state index in [0.717, 1.165) is 46.1 Å². The van der Waals surface area contributed by atoms with Crippen LogP contribution in [-0.4, -0.2) is 72.8 Å². The van der Waals surface area contributed by atoms with Crippen molar-refractivity contribution in [2.24, 2.45) is 0 Å². The molecule has 1 amide bonds. The number of nitrogens with one attached hydrogen (secondary N) is 1. The molecule has 0 aromatic carbocycles. The summed E-state index contributed by atoms with van der Waals surface area (Å²) >= 11 is 5.18. The first-order valence-corrected chi connectivity index (χ1v) is 13.7. The number of hydrogen-bond donors (Lipinski definition) is 1. The summed E-state index contributed by atoms with van der Waals surface area (Å²) in [7, 11) is 0. The molecule has 10 heteroatoms. The number of carbonyl (C=O) groups excluding carboxylic acids is 1. The SMILES string of the molecule is C[C@@H]1C[C@H](F)c2ncnc(N3CCN(C(=O)[C@H](CNC4CCOCC4)c4ccc(Br)s4)CC3)c21. The van der Waals surface area contributed by atoms with E-state index in [4.69, 9.17) is 4.74 Å². The molecule has 4 heterocycles. The maximum absolute atomic E-state index is 14.4. The molecular formula is C24H31BrFN5O2S. The van der Waals surface area contributed by atoms with E-state index in [9.17, 15) is 9.18 Å². The van der Waals surface area contributed by atoms with Crippen LogP contribution in [0.3, 0.4) is 0 Å². The van der Waals surface area contributed by atoms with Crippen molar-refractivity contribution < 1.29 is 13.9 Å². The third-order valence-electron chi connectivity index (χ3n) is 7.20. The quantitative estimate of drug-likeness (QED) is 0.584. The van der Waals surface area contributed by atoms with Crippen molar-refractivity contribution in [3.63, 3.8) is 0 Å². The van der Waals surface area contributed by atoms with Crippen LogP contribution in [-0.2, 0) is 9.53 Å². The van der Waals surface area contributed by atoms with Gasteiger partial charge < -0.3 is 19.9 Å². The molecule has 2 aliphatic heterocycles. The minimum absolute atomic E-state index is 0.110. The Morgan fingerprint density at radius 1 is 1.26 bits per heavy atom. The third-order valence-corrected chi connectivity index (χ3v) is 8.94. The number of alkyl halides is 1. The van der Waals surface area contributed by atoms with Crippen molar-refractivity contribution >= 4 is 39.0 Å². The molecule has 7 nitrogen and oxygen atoms in total. The fourth-order valence-corrected chi connectivity index (χ4v) is 6.80. The van der Waals surface area contributed by atoms with Gasteiger partial charge in [0, 0.05) is 62.4 Å². The second kappa shape index (κ2) is 10.6. The summed E-state index contributed by atoms with van der Waals surface area (Å²) in [4.78, 5) is 27.6. The Bertz CT molecular complexity index is 1010. The lowest BCUT2D eigenvalue weighted by molar-refractivity contribution is -0.133. The number of halogens is 2. The van der Waals surface area contributed by atoms with Crippen LogP contribution in [0, 0.1) is 0 Å². The first-order chi connectivity index (χ1) is 16.5. The van der Waals surface area contributed by atoms with E-state index in [2.05, 4.69) is 42.2 Å². The summed E-state index contributed by atoms with van der Waals surface area (Å²) in [5, 5.41) is 3.62. The summed E-state index contributed by atoms with van der Waals surface area (Å²) < 4.78 is 20.9. The van der Waals surface area contributed by atoms with Gasteiger partial charge in [-0.05, 0) is 53.2 Å². The molecule has 1 N–H and O–H groups in total. The van der Waals surface area contributed by atoms with Crippen molar-refractivity contribution in [1.29, 1.82) is 0 Å². The lowest BCUT2D eigenvalue weighted by Gasteiger charge is -2.38. The highest BCUT2D eigenvalue weighted by Crippen LogP contribution is 2.44. The van der Waals surface area contributed by atoms with Gasteiger partial charge in [-0.3, -0.25) is 4.79 Å². The number of rotatable bonds is 6. The van der Waals surface area contributed by atoms with Crippen molar-refractivity contribution in [2.45, 2.75) is 50.2 Å². The van der Waals surface area contributed by atoms with Gasteiger partial charge in [0.05, 0.1) is 15.4 Å². The Balaban J connectivity index is 1.26. The molecule has 0 saturated carbocycles. The first-order valence-electron chi connectivity index (χ1n) is 12.1. The number of piperazine rings is 1. The van der Waals surface area contributed by atoms with Gasteiger partial charge in [0.15, 0.2) is 0 Å². The van der Waals surface area contributed by atoms with Crippen LogP contribution in [0.5, 0.6) is 0 Å². The highest BCUT2D eigenvalue weighted by molar-refractivity contribution is 9.11. The van der Waals surface area contributed by atoms with E-state index in [1.54, 1.807) is 11.3 Å². The average Bonchev–Trinajstić information content (AvgIpc) is 3.42. The number of ether oxygens (including phenoxy) is 1. The van der Waals surface area contributed by atoms with E-state index in [1.165, 1.54) is 6.33 Å². The Morgan fingerprint density at radius 3 is 2.74 bits per heavy atom. The van der Waals surface area contributed by atoms with Crippen molar-refractivity contribution in [3.8, 4) is 0 Å². The predicted octanol–water partition coefficient (Wildman–Crippen LogP) is 4.02. The highest BCUT2D eigenvalue weighted by Gasteiger charge is 2.36. The van der Waals surface area contributed by atoms with Crippen LogP contribution in [0.4, 0.5) is 10.2 Å². The molecular weight excluding hydrogens is 521 g/mol. The number of amides is 1. The second-order valence-corrected chi connectivity index (χ2v) is 11.9. The molecule has 2 aromatic heterocycles. The second-order valence-electron chi connectivity index (χ2n) is 9.40. The van der Waals surface area contributed by atoms with Gasteiger partial charge in [0.2, 0.25) is 5.91 Å². The number of anilines is 1. The molecule has 0 unspecified atom stereocenters. The first kappa shape index (κ1) is 24.1. The molecule has 0 spiro atoms. The molecule has 0 bridgehead atoms. The highest BCUT2D eigenvalue weighted by atomic mass is 79.9. The van der Waals surface area contributed by atoms with Crippen LogP contribution >= 0.6 is 27.3 Å². The topological polar surface area (TPSA) is 70.6 Å². The number of nitrogens with zero attached hydrogens (tertiary/aromatic N) is 4. The molecule has 3 aliphatic rings. The van der Waals surface area contributed by atoms with Crippen molar-refractivity contribution in [1.82, 2.24) is 20.2 Å². The van der Waals surface area contributed by atoms with Gasteiger partial charge in [0.1, 0.15) is 18.3 Å². The fraction of sp³-hybridized carbons (Fsp3) is 0.625. The largest absolute Gasteiger partial charge is 0.381 e. The van der Waals surface area contributed by atoms with Crippen LogP contribution in [0.2, 0.25) is 0 Å². The van der Waals surface area contributed by atoms with Crippen LogP contribution < -0.4 is 10.2 Å². The summed E-state index contributed by atoms with van der Waals surface area (Å²) in [6.45, 7) is 6.86. The van der Waals surface area contributed by atoms with Crippen LogP contribution in [0.1, 0.15) is 60.3 Å². The monoisotopic (exact) mass is 551 g/mol. The van der Waals surface area contributed by atoms with Crippen molar-refractivity contribution in [3.05, 3.63) is 38.4 Å². The van der Waals surface area contributed by atoms with E-state index >= 15 is 0 Å². The summed E-state index contributed by atoms with van der Waals surface area (Å²) in [6, 6.07) is 4.46. The van der Waals surface area contributed by atoms with Gasteiger partial charge >= 0.3 is 0 Å². The molecule has 1 aliphatic carbocycles. The van der Waals surface area contributed by atoms with E-state index in [-0.39, 0.29) is 17.7 Å². The average molecular weight is 553 g/mol. The van der Waals surface area contributed by atoms with Crippen LogP contribution in [0.15, 0.2) is 22.2 Å². The van der Waals surface area contributed by atoms with Gasteiger partial charge in [-0.1, -0.05) is 6.92 Å². The van der Waals surface area contributed by atoms with Gasteiger partial charge in [-0.25, -0.2) is 14.4 Å². The Morgan fingerprint density at radius 2 is 2.03 bits per heavy atom. The zero-order chi connectivity index (χ0) is 23.7. The Labute approximate surface area is 212 Å². The maximum Gasteiger partial charge on any atom is 0.232 e. The van der Waals surface area contributed by atoms with E-state index < -0.39 is 6.17 Å². The molecule has 2 fully saturated rings. The zero-order valence-corrected chi connectivity index (χ0v) is 21.8. The van der Waals surface area contributed by atoms with Crippen LogP contribution in [0.25, 0.3) is 0 Å². The normalized spacial score (nSPS) is 24.3. The predicted molar refractivity (Wildman–Crippen MR) is 134 cm³/mol. The smallest absolute Gasteiger partial charge is 0.232 e. The van der Waals surface area contributed by atoms with Gasteiger partial charge in [-0.2, -0.15) is 0 Å². The molecule has 2 aromatic rings. The number of thiophene rings is 1. The Kier molecular flexibility index (Phi) is 7.48. The molecule has 0 radical (unpaired) electrons. The molecule has 5 rings (SSSR count). The summed E-state index contributed by atoms with van der Waals surface area (Å²) in [5.74, 6) is 0.906. The minimum Gasteiger partial charge on any atom is -0.381 e. The number of carbonyl (C=O) groups is 1. The Hall–Kier alpha value is -1.62. The van der Waals surface area contributed by atoms with Gasteiger partial charge in [-0.15, -0.1) is 11.3 Å². The van der Waals surface area contributed by atoms with Gasteiger partial charge in [0.25, 0.3) is 0 Å². The third kappa shape index (κ3) is 5.01. The number of hydrogen-bond acceptors (Lipinski definition) is 7. The molecule has 3 atom stereocenters. The summed E-state index contributed by atoms with van der Waals surface area (Å²) in [5.41, 5.74) is 1.48. The maximum atomic E-state index is 14.4. The number of fused-ring (bicyclic) bond motifs is 1. The standard InChI is InChI=1S/C24H31BrFN5O2S/c1-15-12-18(26)22-21(15)23(29-14-28-22)30-6-8-31(9-7-30)24(32)17(19-2-3-20(25)34-19)13-27-16-4-10-33-11-5-16/h2-3,14-18,27H,4-13H2,1H3/t15-,17-,18+/m1/s1. The van der Waals surface area contributed by atoms with E-state index in [1.807, 2.05) is 17.9 Å². The molecule has 2 saturated heterocycles. The lowest BCUT2D eigenvalue weighted by Crippen LogP contribution is -2.51. The lowest BCUT2D eigenvalue weighted by atomic mass is 10.0. The zero-order valence-electron chi connectivity index (χ0n) is 19.4. The van der Waals surface area contributed by atoms with Crippen molar-refractivity contribution in [2.75, 3.05) is 50.8 Å². The molecule has 34 heavy (non-hydrogen) atoms. The minimum atomic E-state index is -1.01. The van der Waals surface area contributed by atoms with E-state index in [0.29, 0.717) is 50.9 Å². The summed E-state index contributed by atoms with van der Waals surface area (Å²) in [6.07, 6.45) is 2.90. The molecule has 184 valence electrons. The number of aromatic nitrogens is 2.